The molecule has 1 saturated heterocycles. The number of hydrogen-bond acceptors (Lipinski definition) is 4. The van der Waals surface area contributed by atoms with Crippen LogP contribution in [0.3, 0.4) is 0 Å². The average molecular weight is 513 g/mol. The summed E-state index contributed by atoms with van der Waals surface area (Å²) < 4.78 is 7.39. The van der Waals surface area contributed by atoms with Crippen LogP contribution in [0, 0.1) is 5.92 Å². The predicted molar refractivity (Wildman–Crippen MR) is 127 cm³/mol. The van der Waals surface area contributed by atoms with Crippen molar-refractivity contribution in [3.05, 3.63) is 30.6 Å². The Balaban J connectivity index is 0.00000300. The van der Waals surface area contributed by atoms with Crippen LogP contribution in [-0.2, 0) is 16.1 Å². The number of nitrogens with zero attached hydrogens (tertiary/aromatic N) is 4. The summed E-state index contributed by atoms with van der Waals surface area (Å²) in [5, 5.41) is 3.37. The van der Waals surface area contributed by atoms with Gasteiger partial charge in [-0.25, -0.2) is 4.98 Å². The van der Waals surface area contributed by atoms with Crippen molar-refractivity contribution in [1.29, 1.82) is 0 Å². The van der Waals surface area contributed by atoms with Gasteiger partial charge in [0.15, 0.2) is 5.96 Å². The molecule has 7 nitrogen and oxygen atoms in total. The Morgan fingerprint density at radius 2 is 2.17 bits per heavy atom. The molecule has 1 unspecified atom stereocenters. The molecular formula is C21H32IN5O2. The lowest BCUT2D eigenvalue weighted by Gasteiger charge is -2.34. The van der Waals surface area contributed by atoms with Gasteiger partial charge in [0.2, 0.25) is 0 Å². The zero-order valence-electron chi connectivity index (χ0n) is 17.3. The Kier molecular flexibility index (Phi) is 9.69. The van der Waals surface area contributed by atoms with Crippen LogP contribution in [0.5, 0.6) is 0 Å². The van der Waals surface area contributed by atoms with Gasteiger partial charge in [0, 0.05) is 32.7 Å². The Morgan fingerprint density at radius 3 is 2.97 bits per heavy atom. The standard InChI is InChI=1S/C21H31N5O2.HI/c1-3-22-21(25-13-7-9-17(15-25)20(27)28-4-2)23-12-8-14-26-16-24-18-10-5-6-11-19(18)26;/h5-6,10-11,16-17H,3-4,7-9,12-15H2,1-2H3,(H,22,23);1H. The fourth-order valence-electron chi connectivity index (χ4n) is 3.66. The van der Waals surface area contributed by atoms with E-state index in [4.69, 9.17) is 9.73 Å². The van der Waals surface area contributed by atoms with Crippen molar-refractivity contribution < 1.29 is 9.53 Å². The zero-order valence-corrected chi connectivity index (χ0v) is 19.7. The van der Waals surface area contributed by atoms with Gasteiger partial charge in [0.05, 0.1) is 29.9 Å². The van der Waals surface area contributed by atoms with Gasteiger partial charge in [-0.15, -0.1) is 24.0 Å². The SMILES string of the molecule is CCNC(=NCCCn1cnc2ccccc21)N1CCCC(C(=O)OCC)C1.I. The van der Waals surface area contributed by atoms with Crippen molar-refractivity contribution in [2.75, 3.05) is 32.8 Å². The summed E-state index contributed by atoms with van der Waals surface area (Å²) >= 11 is 0. The number of aryl methyl sites for hydroxylation is 1. The number of imidazole rings is 1. The number of piperidine rings is 1. The maximum atomic E-state index is 12.1. The van der Waals surface area contributed by atoms with Gasteiger partial charge in [-0.3, -0.25) is 9.79 Å². The fraction of sp³-hybridized carbons (Fsp3) is 0.571. The second kappa shape index (κ2) is 12.0. The van der Waals surface area contributed by atoms with Gasteiger partial charge in [-0.1, -0.05) is 12.1 Å². The number of fused-ring (bicyclic) bond motifs is 1. The Hall–Kier alpha value is -1.84. The third kappa shape index (κ3) is 6.32. The smallest absolute Gasteiger partial charge is 0.310 e. The van der Waals surface area contributed by atoms with E-state index in [0.29, 0.717) is 13.2 Å². The summed E-state index contributed by atoms with van der Waals surface area (Å²) in [5.74, 6) is 0.747. The summed E-state index contributed by atoms with van der Waals surface area (Å²) in [4.78, 5) is 23.5. The molecule has 0 saturated carbocycles. The summed E-state index contributed by atoms with van der Waals surface area (Å²) in [6, 6.07) is 8.18. The molecule has 1 aliphatic heterocycles. The number of halogens is 1. The summed E-state index contributed by atoms with van der Waals surface area (Å²) in [6.07, 6.45) is 4.70. The summed E-state index contributed by atoms with van der Waals surface area (Å²) in [5.41, 5.74) is 2.18. The lowest BCUT2D eigenvalue weighted by atomic mass is 9.98. The second-order valence-corrected chi connectivity index (χ2v) is 7.05. The zero-order chi connectivity index (χ0) is 19.8. The van der Waals surface area contributed by atoms with E-state index in [1.807, 2.05) is 31.5 Å². The minimum absolute atomic E-state index is 0. The second-order valence-electron chi connectivity index (χ2n) is 7.05. The number of para-hydroxylation sites is 2. The normalized spacial score (nSPS) is 17.1. The van der Waals surface area contributed by atoms with Crippen LogP contribution in [0.25, 0.3) is 11.0 Å². The number of rotatable bonds is 7. The van der Waals surface area contributed by atoms with Crippen LogP contribution in [0.2, 0.25) is 0 Å². The first-order chi connectivity index (χ1) is 13.7. The maximum absolute atomic E-state index is 12.1. The molecule has 0 spiro atoms. The van der Waals surface area contributed by atoms with Crippen LogP contribution in [-0.4, -0.2) is 59.2 Å². The third-order valence-electron chi connectivity index (χ3n) is 5.02. The van der Waals surface area contributed by atoms with E-state index in [2.05, 4.69) is 32.8 Å². The number of esters is 1. The highest BCUT2D eigenvalue weighted by Crippen LogP contribution is 2.18. The van der Waals surface area contributed by atoms with E-state index >= 15 is 0 Å². The van der Waals surface area contributed by atoms with Crippen molar-refractivity contribution in [3.63, 3.8) is 0 Å². The molecule has 0 radical (unpaired) electrons. The first-order valence-electron chi connectivity index (χ1n) is 10.3. The average Bonchev–Trinajstić information content (AvgIpc) is 3.14. The summed E-state index contributed by atoms with van der Waals surface area (Å²) in [6.45, 7) is 8.39. The first kappa shape index (κ1) is 23.4. The monoisotopic (exact) mass is 513 g/mol. The number of guanidine groups is 1. The largest absolute Gasteiger partial charge is 0.466 e. The van der Waals surface area contributed by atoms with Crippen LogP contribution in [0.4, 0.5) is 0 Å². The van der Waals surface area contributed by atoms with Crippen LogP contribution >= 0.6 is 24.0 Å². The number of benzene rings is 1. The van der Waals surface area contributed by atoms with Gasteiger partial charge < -0.3 is 19.5 Å². The predicted octanol–water partition coefficient (Wildman–Crippen LogP) is 3.29. The van der Waals surface area contributed by atoms with E-state index in [-0.39, 0.29) is 35.9 Å². The van der Waals surface area contributed by atoms with E-state index in [9.17, 15) is 4.79 Å². The molecule has 1 fully saturated rings. The minimum Gasteiger partial charge on any atom is -0.466 e. The number of likely N-dealkylation sites (tertiary alicyclic amines) is 1. The van der Waals surface area contributed by atoms with E-state index in [1.165, 1.54) is 0 Å². The Labute approximate surface area is 189 Å². The Bertz CT molecular complexity index is 807. The topological polar surface area (TPSA) is 71.8 Å². The Morgan fingerprint density at radius 1 is 1.34 bits per heavy atom. The van der Waals surface area contributed by atoms with Gasteiger partial charge in [-0.05, 0) is 45.2 Å². The molecule has 8 heteroatoms. The summed E-state index contributed by atoms with van der Waals surface area (Å²) in [7, 11) is 0. The molecule has 1 aromatic carbocycles. The number of carbonyl (C=O) groups excluding carboxylic acids is 1. The quantitative estimate of drug-likeness (QED) is 0.202. The van der Waals surface area contributed by atoms with Crippen molar-refractivity contribution in [3.8, 4) is 0 Å². The maximum Gasteiger partial charge on any atom is 0.310 e. The highest BCUT2D eigenvalue weighted by atomic mass is 127. The van der Waals surface area contributed by atoms with Crippen molar-refractivity contribution in [1.82, 2.24) is 19.8 Å². The van der Waals surface area contributed by atoms with E-state index in [1.54, 1.807) is 0 Å². The minimum atomic E-state index is -0.0879. The first-order valence-corrected chi connectivity index (χ1v) is 10.3. The molecule has 2 heterocycles. The molecule has 0 amide bonds. The molecule has 3 rings (SSSR count). The number of aromatic nitrogens is 2. The van der Waals surface area contributed by atoms with Gasteiger partial charge >= 0.3 is 5.97 Å². The van der Waals surface area contributed by atoms with Crippen molar-refractivity contribution in [2.45, 2.75) is 39.7 Å². The number of aliphatic imine (C=N–C) groups is 1. The highest BCUT2D eigenvalue weighted by Gasteiger charge is 2.28. The number of ether oxygens (including phenoxy) is 1. The molecule has 0 aliphatic carbocycles. The van der Waals surface area contributed by atoms with E-state index < -0.39 is 0 Å². The molecule has 1 N–H and O–H groups in total. The number of nitrogens with one attached hydrogen (secondary N) is 1. The van der Waals surface area contributed by atoms with Crippen LogP contribution in [0.1, 0.15) is 33.1 Å². The molecule has 1 aromatic heterocycles. The molecule has 160 valence electrons. The third-order valence-corrected chi connectivity index (χ3v) is 5.02. The highest BCUT2D eigenvalue weighted by molar-refractivity contribution is 14.0. The van der Waals surface area contributed by atoms with Crippen molar-refractivity contribution in [2.24, 2.45) is 10.9 Å². The van der Waals surface area contributed by atoms with Gasteiger partial charge in [0.25, 0.3) is 0 Å². The molecule has 0 bridgehead atoms. The van der Waals surface area contributed by atoms with Crippen LogP contribution < -0.4 is 5.32 Å². The molecule has 29 heavy (non-hydrogen) atoms. The molecule has 2 aromatic rings. The fourth-order valence-corrected chi connectivity index (χ4v) is 3.66. The molecule has 1 atom stereocenters. The van der Waals surface area contributed by atoms with Gasteiger partial charge in [-0.2, -0.15) is 0 Å². The van der Waals surface area contributed by atoms with Crippen LogP contribution in [0.15, 0.2) is 35.6 Å². The van der Waals surface area contributed by atoms with Crippen molar-refractivity contribution >= 4 is 46.9 Å². The van der Waals surface area contributed by atoms with E-state index in [0.717, 1.165) is 62.4 Å². The number of carbonyl (C=O) groups is 1. The molecule has 1 aliphatic rings. The number of hydrogen-bond donors (Lipinski definition) is 1. The molecular weight excluding hydrogens is 481 g/mol. The van der Waals surface area contributed by atoms with Gasteiger partial charge in [0.1, 0.15) is 0 Å². The lowest BCUT2D eigenvalue weighted by Crippen LogP contribution is -2.48. The lowest BCUT2D eigenvalue weighted by molar-refractivity contribution is -0.149.